The molecule has 17 heavy (non-hydrogen) atoms. The summed E-state index contributed by atoms with van der Waals surface area (Å²) in [5.41, 5.74) is 7.14. The lowest BCUT2D eigenvalue weighted by Crippen LogP contribution is -2.25. The van der Waals surface area contributed by atoms with Crippen LogP contribution in [0.25, 0.3) is 0 Å². The van der Waals surface area contributed by atoms with Crippen molar-refractivity contribution in [2.75, 3.05) is 13.2 Å². The smallest absolute Gasteiger partial charge is 0.119 e. The molecule has 1 heterocycles. The second-order valence-corrected chi connectivity index (χ2v) is 4.51. The van der Waals surface area contributed by atoms with E-state index in [1.807, 2.05) is 12.1 Å². The average Bonchev–Trinajstić information content (AvgIpc) is 2.40. The van der Waals surface area contributed by atoms with Crippen LogP contribution >= 0.6 is 0 Å². The first-order valence-corrected chi connectivity index (χ1v) is 6.39. The molecule has 3 nitrogen and oxygen atoms in total. The summed E-state index contributed by atoms with van der Waals surface area (Å²) in [7, 11) is 0. The van der Waals surface area contributed by atoms with Crippen LogP contribution in [-0.4, -0.2) is 19.3 Å². The quantitative estimate of drug-likeness (QED) is 0.872. The Morgan fingerprint density at radius 2 is 1.94 bits per heavy atom. The van der Waals surface area contributed by atoms with E-state index >= 15 is 0 Å². The van der Waals surface area contributed by atoms with E-state index in [2.05, 4.69) is 19.1 Å². The van der Waals surface area contributed by atoms with Gasteiger partial charge in [-0.05, 0) is 24.1 Å². The fourth-order valence-corrected chi connectivity index (χ4v) is 2.02. The third-order valence-corrected chi connectivity index (χ3v) is 3.22. The third-order valence-electron chi connectivity index (χ3n) is 3.22. The Balaban J connectivity index is 1.93. The molecule has 1 aliphatic rings. The average molecular weight is 235 g/mol. The highest BCUT2D eigenvalue weighted by Gasteiger charge is 2.15. The molecule has 1 aromatic carbocycles. The fraction of sp³-hybridized carbons (Fsp3) is 0.571. The maximum absolute atomic E-state index is 5.97. The van der Waals surface area contributed by atoms with Crippen LogP contribution in [-0.2, 0) is 4.74 Å². The monoisotopic (exact) mass is 235 g/mol. The number of hydrogen-bond acceptors (Lipinski definition) is 3. The molecular formula is C14H21NO2. The Morgan fingerprint density at radius 3 is 2.53 bits per heavy atom. The van der Waals surface area contributed by atoms with Crippen molar-refractivity contribution >= 4 is 0 Å². The van der Waals surface area contributed by atoms with Gasteiger partial charge < -0.3 is 15.2 Å². The molecule has 1 aromatic rings. The molecule has 94 valence electrons. The molecule has 0 amide bonds. The van der Waals surface area contributed by atoms with E-state index in [4.69, 9.17) is 15.2 Å². The highest BCUT2D eigenvalue weighted by atomic mass is 16.5. The summed E-state index contributed by atoms with van der Waals surface area (Å²) in [6.07, 6.45) is 3.22. The summed E-state index contributed by atoms with van der Waals surface area (Å²) in [6, 6.07) is 8.28. The lowest BCUT2D eigenvalue weighted by molar-refractivity contribution is 0.0255. The number of ether oxygens (including phenoxy) is 2. The maximum atomic E-state index is 5.97. The van der Waals surface area contributed by atoms with Crippen LogP contribution in [0.15, 0.2) is 24.3 Å². The minimum Gasteiger partial charge on any atom is -0.490 e. The van der Waals surface area contributed by atoms with E-state index in [1.165, 1.54) is 5.56 Å². The van der Waals surface area contributed by atoms with Crippen molar-refractivity contribution in [1.82, 2.24) is 0 Å². The lowest BCUT2D eigenvalue weighted by Gasteiger charge is -2.23. The molecule has 1 atom stereocenters. The molecule has 1 fully saturated rings. The van der Waals surface area contributed by atoms with E-state index in [0.717, 1.165) is 38.2 Å². The van der Waals surface area contributed by atoms with Crippen LogP contribution in [0.5, 0.6) is 5.75 Å². The summed E-state index contributed by atoms with van der Waals surface area (Å²) < 4.78 is 11.2. The van der Waals surface area contributed by atoms with Crippen LogP contribution in [0.4, 0.5) is 0 Å². The van der Waals surface area contributed by atoms with Gasteiger partial charge in [0, 0.05) is 18.9 Å². The van der Waals surface area contributed by atoms with E-state index in [1.54, 1.807) is 0 Å². The van der Waals surface area contributed by atoms with Crippen molar-refractivity contribution in [2.45, 2.75) is 38.3 Å². The molecule has 0 saturated carbocycles. The predicted octanol–water partition coefficient (Wildman–Crippen LogP) is 2.65. The first kappa shape index (κ1) is 12.4. The number of benzene rings is 1. The Kier molecular flexibility index (Phi) is 4.40. The predicted molar refractivity (Wildman–Crippen MR) is 68.1 cm³/mol. The standard InChI is InChI=1S/C14H21NO2/c1-2-14(15)11-3-5-12(6-4-11)17-13-7-9-16-10-8-13/h3-6,13-14H,2,7-10,15H2,1H3/t14-/m1/s1. The van der Waals surface area contributed by atoms with Crippen molar-refractivity contribution in [3.63, 3.8) is 0 Å². The Labute approximate surface area is 103 Å². The summed E-state index contributed by atoms with van der Waals surface area (Å²) in [5.74, 6) is 0.934. The lowest BCUT2D eigenvalue weighted by atomic mass is 10.1. The number of rotatable bonds is 4. The number of hydrogen-bond donors (Lipinski definition) is 1. The Hall–Kier alpha value is -1.06. The minimum atomic E-state index is 0.132. The zero-order valence-corrected chi connectivity index (χ0v) is 10.4. The van der Waals surface area contributed by atoms with Gasteiger partial charge in [-0.25, -0.2) is 0 Å². The van der Waals surface area contributed by atoms with Crippen molar-refractivity contribution < 1.29 is 9.47 Å². The molecule has 1 saturated heterocycles. The van der Waals surface area contributed by atoms with Gasteiger partial charge in [0.1, 0.15) is 11.9 Å². The molecule has 0 radical (unpaired) electrons. The van der Waals surface area contributed by atoms with Gasteiger partial charge in [0.25, 0.3) is 0 Å². The number of nitrogens with two attached hydrogens (primary N) is 1. The topological polar surface area (TPSA) is 44.5 Å². The molecule has 1 aliphatic heterocycles. The van der Waals surface area contributed by atoms with Gasteiger partial charge in [0.15, 0.2) is 0 Å². The van der Waals surface area contributed by atoms with Crippen molar-refractivity contribution in [3.8, 4) is 5.75 Å². The SMILES string of the molecule is CC[C@@H](N)c1ccc(OC2CCOCC2)cc1. The molecule has 2 rings (SSSR count). The van der Waals surface area contributed by atoms with Gasteiger partial charge in [-0.3, -0.25) is 0 Å². The van der Waals surface area contributed by atoms with Crippen LogP contribution < -0.4 is 10.5 Å². The second-order valence-electron chi connectivity index (χ2n) is 4.51. The van der Waals surface area contributed by atoms with E-state index in [0.29, 0.717) is 6.10 Å². The summed E-state index contributed by atoms with van der Waals surface area (Å²) >= 11 is 0. The van der Waals surface area contributed by atoms with Crippen molar-refractivity contribution in [1.29, 1.82) is 0 Å². The molecular weight excluding hydrogens is 214 g/mol. The normalized spacial score (nSPS) is 18.9. The molecule has 0 spiro atoms. The van der Waals surface area contributed by atoms with Gasteiger partial charge in [0.05, 0.1) is 13.2 Å². The zero-order chi connectivity index (χ0) is 12.1. The van der Waals surface area contributed by atoms with E-state index < -0.39 is 0 Å². The molecule has 0 bridgehead atoms. The van der Waals surface area contributed by atoms with Crippen LogP contribution in [0, 0.1) is 0 Å². The minimum absolute atomic E-state index is 0.132. The second kappa shape index (κ2) is 6.03. The maximum Gasteiger partial charge on any atom is 0.119 e. The van der Waals surface area contributed by atoms with Crippen LogP contribution in [0.2, 0.25) is 0 Å². The molecule has 0 unspecified atom stereocenters. The van der Waals surface area contributed by atoms with Gasteiger partial charge >= 0.3 is 0 Å². The summed E-state index contributed by atoms with van der Waals surface area (Å²) in [4.78, 5) is 0. The molecule has 2 N–H and O–H groups in total. The first-order chi connectivity index (χ1) is 8.29. The molecule has 3 heteroatoms. The highest BCUT2D eigenvalue weighted by molar-refractivity contribution is 5.29. The largest absolute Gasteiger partial charge is 0.490 e. The fourth-order valence-electron chi connectivity index (χ4n) is 2.02. The molecule has 0 aromatic heterocycles. The van der Waals surface area contributed by atoms with E-state index in [9.17, 15) is 0 Å². The first-order valence-electron chi connectivity index (χ1n) is 6.39. The highest BCUT2D eigenvalue weighted by Crippen LogP contribution is 2.21. The van der Waals surface area contributed by atoms with Crippen LogP contribution in [0.1, 0.15) is 37.8 Å². The third kappa shape index (κ3) is 3.45. The van der Waals surface area contributed by atoms with Gasteiger partial charge in [-0.15, -0.1) is 0 Å². The summed E-state index contributed by atoms with van der Waals surface area (Å²) in [5, 5.41) is 0. The molecule has 0 aliphatic carbocycles. The summed E-state index contributed by atoms with van der Waals surface area (Å²) in [6.45, 7) is 3.71. The Morgan fingerprint density at radius 1 is 1.29 bits per heavy atom. The Bertz CT molecular complexity index is 331. The van der Waals surface area contributed by atoms with E-state index in [-0.39, 0.29) is 6.04 Å². The van der Waals surface area contributed by atoms with Gasteiger partial charge in [-0.1, -0.05) is 19.1 Å². The van der Waals surface area contributed by atoms with Gasteiger partial charge in [-0.2, -0.15) is 0 Å². The zero-order valence-electron chi connectivity index (χ0n) is 10.4. The van der Waals surface area contributed by atoms with Crippen molar-refractivity contribution in [2.24, 2.45) is 5.73 Å². The van der Waals surface area contributed by atoms with Gasteiger partial charge in [0.2, 0.25) is 0 Å². The van der Waals surface area contributed by atoms with Crippen LogP contribution in [0.3, 0.4) is 0 Å². The van der Waals surface area contributed by atoms with Crippen molar-refractivity contribution in [3.05, 3.63) is 29.8 Å².